The Morgan fingerprint density at radius 3 is 2.81 bits per heavy atom. The molecule has 1 heterocycles. The highest BCUT2D eigenvalue weighted by Gasteiger charge is 2.12. The number of hydrogen-bond acceptors (Lipinski definition) is 6. The Labute approximate surface area is 93.5 Å². The summed E-state index contributed by atoms with van der Waals surface area (Å²) < 4.78 is 4.79. The molecule has 0 aromatic carbocycles. The van der Waals surface area contributed by atoms with Gasteiger partial charge >= 0.3 is 5.97 Å². The number of nitriles is 1. The predicted octanol–water partition coefficient (Wildman–Crippen LogP) is 0.368. The largest absolute Gasteiger partial charge is 0.446 e. The first kappa shape index (κ1) is 11.9. The highest BCUT2D eigenvalue weighted by Crippen LogP contribution is 2.02. The predicted molar refractivity (Wildman–Crippen MR) is 56.5 cm³/mol. The summed E-state index contributed by atoms with van der Waals surface area (Å²) in [6, 6.07) is 3.50. The van der Waals surface area contributed by atoms with Crippen LogP contribution in [0.25, 0.3) is 0 Å². The van der Waals surface area contributed by atoms with E-state index in [-0.39, 0.29) is 6.54 Å². The molecule has 0 N–H and O–H groups in total. The highest BCUT2D eigenvalue weighted by molar-refractivity contribution is 5.75. The van der Waals surface area contributed by atoms with E-state index < -0.39 is 12.1 Å². The van der Waals surface area contributed by atoms with Crippen molar-refractivity contribution in [1.82, 2.24) is 9.97 Å². The van der Waals surface area contributed by atoms with E-state index in [0.717, 1.165) is 0 Å². The summed E-state index contributed by atoms with van der Waals surface area (Å²) in [7, 11) is 1.67. The lowest BCUT2D eigenvalue weighted by molar-refractivity contribution is -0.144. The van der Waals surface area contributed by atoms with Crippen LogP contribution in [-0.2, 0) is 9.53 Å². The van der Waals surface area contributed by atoms with E-state index in [1.54, 1.807) is 30.4 Å². The minimum Gasteiger partial charge on any atom is -0.446 e. The maximum Gasteiger partial charge on any atom is 0.326 e. The molecular weight excluding hydrogens is 208 g/mol. The molecule has 0 fully saturated rings. The maximum atomic E-state index is 11.3. The molecular formula is C10H12N4O2. The Bertz CT molecular complexity index is 388. The van der Waals surface area contributed by atoms with Crippen LogP contribution in [0, 0.1) is 11.3 Å². The molecule has 6 nitrogen and oxygen atoms in total. The number of aromatic nitrogens is 2. The molecule has 1 rings (SSSR count). The third-order valence-corrected chi connectivity index (χ3v) is 1.75. The zero-order chi connectivity index (χ0) is 12.0. The quantitative estimate of drug-likeness (QED) is 0.682. The molecule has 16 heavy (non-hydrogen) atoms. The second kappa shape index (κ2) is 5.66. The average Bonchev–Trinajstić information content (AvgIpc) is 2.29. The first-order valence-corrected chi connectivity index (χ1v) is 4.70. The van der Waals surface area contributed by atoms with Gasteiger partial charge in [0, 0.05) is 19.4 Å². The van der Waals surface area contributed by atoms with Gasteiger partial charge in [-0.3, -0.25) is 4.79 Å². The number of carbonyl (C=O) groups is 1. The summed E-state index contributed by atoms with van der Waals surface area (Å²) in [6.07, 6.45) is 2.43. The van der Waals surface area contributed by atoms with Crippen LogP contribution >= 0.6 is 0 Å². The molecule has 84 valence electrons. The van der Waals surface area contributed by atoms with Crippen molar-refractivity contribution in [2.75, 3.05) is 18.5 Å². The Kier molecular flexibility index (Phi) is 4.21. The smallest absolute Gasteiger partial charge is 0.326 e. The van der Waals surface area contributed by atoms with Gasteiger partial charge in [0.2, 0.25) is 5.95 Å². The fourth-order valence-electron chi connectivity index (χ4n) is 1.01. The van der Waals surface area contributed by atoms with E-state index in [1.807, 2.05) is 6.07 Å². The number of rotatable bonds is 4. The summed E-state index contributed by atoms with van der Waals surface area (Å²) in [4.78, 5) is 20.8. The molecule has 1 aromatic heterocycles. The first-order valence-electron chi connectivity index (χ1n) is 4.70. The van der Waals surface area contributed by atoms with Crippen molar-refractivity contribution in [3.05, 3.63) is 18.5 Å². The molecule has 0 saturated heterocycles. The zero-order valence-corrected chi connectivity index (χ0v) is 9.12. The van der Waals surface area contributed by atoms with E-state index in [4.69, 9.17) is 10.00 Å². The van der Waals surface area contributed by atoms with Gasteiger partial charge < -0.3 is 9.64 Å². The minimum atomic E-state index is -0.738. The van der Waals surface area contributed by atoms with Crippen LogP contribution in [0.3, 0.4) is 0 Å². The van der Waals surface area contributed by atoms with Crippen molar-refractivity contribution in [3.63, 3.8) is 0 Å². The number of likely N-dealkylation sites (N-methyl/N-ethyl adjacent to an activating group) is 1. The zero-order valence-electron chi connectivity index (χ0n) is 9.12. The first-order chi connectivity index (χ1) is 7.63. The standard InChI is InChI=1S/C10H12N4O2/c1-8(6-11)16-9(15)7-14(2)10-12-4-3-5-13-10/h3-5,8H,7H2,1-2H3. The summed E-state index contributed by atoms with van der Waals surface area (Å²) in [5.41, 5.74) is 0. The van der Waals surface area contributed by atoms with Crippen molar-refractivity contribution in [3.8, 4) is 6.07 Å². The SMILES string of the molecule is CC(C#N)OC(=O)CN(C)c1ncccn1. The molecule has 1 atom stereocenters. The summed E-state index contributed by atoms with van der Waals surface area (Å²) in [6.45, 7) is 1.52. The minimum absolute atomic E-state index is 0.00995. The van der Waals surface area contributed by atoms with Gasteiger partial charge in [-0.2, -0.15) is 5.26 Å². The van der Waals surface area contributed by atoms with Gasteiger partial charge in [-0.25, -0.2) is 9.97 Å². The molecule has 1 unspecified atom stereocenters. The number of carbonyl (C=O) groups excluding carboxylic acids is 1. The molecule has 6 heteroatoms. The number of ether oxygens (including phenoxy) is 1. The molecule has 1 aromatic rings. The third kappa shape index (κ3) is 3.53. The van der Waals surface area contributed by atoms with E-state index in [1.165, 1.54) is 6.92 Å². The molecule has 0 aliphatic carbocycles. The van der Waals surface area contributed by atoms with E-state index in [2.05, 4.69) is 9.97 Å². The van der Waals surface area contributed by atoms with E-state index in [9.17, 15) is 4.79 Å². The molecule has 0 saturated carbocycles. The van der Waals surface area contributed by atoms with Crippen molar-refractivity contribution in [2.24, 2.45) is 0 Å². The maximum absolute atomic E-state index is 11.3. The lowest BCUT2D eigenvalue weighted by atomic mass is 10.4. The van der Waals surface area contributed by atoms with Gasteiger partial charge in [0.25, 0.3) is 0 Å². The highest BCUT2D eigenvalue weighted by atomic mass is 16.5. The van der Waals surface area contributed by atoms with Crippen LogP contribution in [0.2, 0.25) is 0 Å². The van der Waals surface area contributed by atoms with Crippen LogP contribution in [0.1, 0.15) is 6.92 Å². The summed E-state index contributed by atoms with van der Waals surface area (Å²) in [5.74, 6) is -0.0481. The fourth-order valence-corrected chi connectivity index (χ4v) is 1.01. The lowest BCUT2D eigenvalue weighted by Gasteiger charge is -2.15. The van der Waals surface area contributed by atoms with Crippen LogP contribution in [0.5, 0.6) is 0 Å². The van der Waals surface area contributed by atoms with Crippen LogP contribution < -0.4 is 4.90 Å². The Hall–Kier alpha value is -2.16. The molecule has 0 aliphatic heterocycles. The van der Waals surface area contributed by atoms with Crippen molar-refractivity contribution < 1.29 is 9.53 Å². The van der Waals surface area contributed by atoms with Gasteiger partial charge in [-0.05, 0) is 13.0 Å². The number of esters is 1. The summed E-state index contributed by atoms with van der Waals surface area (Å²) in [5, 5.41) is 8.47. The molecule has 0 spiro atoms. The van der Waals surface area contributed by atoms with E-state index >= 15 is 0 Å². The number of anilines is 1. The second-order valence-corrected chi connectivity index (χ2v) is 3.17. The summed E-state index contributed by atoms with van der Waals surface area (Å²) >= 11 is 0. The normalized spacial score (nSPS) is 11.3. The Morgan fingerprint density at radius 2 is 2.25 bits per heavy atom. The fraction of sp³-hybridized carbons (Fsp3) is 0.400. The lowest BCUT2D eigenvalue weighted by Crippen LogP contribution is -2.30. The van der Waals surface area contributed by atoms with Gasteiger partial charge in [-0.15, -0.1) is 0 Å². The number of hydrogen-bond donors (Lipinski definition) is 0. The third-order valence-electron chi connectivity index (χ3n) is 1.75. The molecule has 0 bridgehead atoms. The molecule has 0 amide bonds. The van der Waals surface area contributed by atoms with Gasteiger partial charge in [-0.1, -0.05) is 0 Å². The molecule has 0 aliphatic rings. The average molecular weight is 220 g/mol. The van der Waals surface area contributed by atoms with Gasteiger partial charge in [0.05, 0.1) is 0 Å². The van der Waals surface area contributed by atoms with Crippen molar-refractivity contribution >= 4 is 11.9 Å². The van der Waals surface area contributed by atoms with Crippen LogP contribution in [-0.4, -0.2) is 35.6 Å². The number of nitrogens with zero attached hydrogens (tertiary/aromatic N) is 4. The van der Waals surface area contributed by atoms with Crippen molar-refractivity contribution in [2.45, 2.75) is 13.0 Å². The van der Waals surface area contributed by atoms with Crippen LogP contribution in [0.4, 0.5) is 5.95 Å². The van der Waals surface area contributed by atoms with E-state index in [0.29, 0.717) is 5.95 Å². The topological polar surface area (TPSA) is 79.1 Å². The Morgan fingerprint density at radius 1 is 1.62 bits per heavy atom. The Balaban J connectivity index is 2.50. The molecule has 0 radical (unpaired) electrons. The van der Waals surface area contributed by atoms with Gasteiger partial charge in [0.15, 0.2) is 6.10 Å². The van der Waals surface area contributed by atoms with Crippen molar-refractivity contribution in [1.29, 1.82) is 5.26 Å². The second-order valence-electron chi connectivity index (χ2n) is 3.17. The van der Waals surface area contributed by atoms with Crippen LogP contribution in [0.15, 0.2) is 18.5 Å². The van der Waals surface area contributed by atoms with Gasteiger partial charge in [0.1, 0.15) is 12.6 Å². The monoisotopic (exact) mass is 220 g/mol.